The maximum absolute atomic E-state index is 12.6. The Kier molecular flexibility index (Phi) is 7.37. The zero-order valence-corrected chi connectivity index (χ0v) is 19.7. The van der Waals surface area contributed by atoms with Crippen LogP contribution in [0, 0.1) is 0 Å². The molecule has 0 aliphatic carbocycles. The summed E-state index contributed by atoms with van der Waals surface area (Å²) in [6, 6.07) is 15.2. The van der Waals surface area contributed by atoms with Crippen molar-refractivity contribution in [2.75, 3.05) is 32.7 Å². The molecule has 0 atom stereocenters. The van der Waals surface area contributed by atoms with E-state index in [9.17, 15) is 14.4 Å². The molecule has 0 N–H and O–H groups in total. The summed E-state index contributed by atoms with van der Waals surface area (Å²) >= 11 is 3.60. The van der Waals surface area contributed by atoms with Gasteiger partial charge < -0.3 is 4.90 Å². The SMILES string of the molecule is O=C(CCCCCN1C(=O)c2ccccc2C1=O)N1CCN(Cc2ccccc2Br)CC1. The lowest BCUT2D eigenvalue weighted by Gasteiger charge is -2.35. The molecule has 1 saturated heterocycles. The molecule has 0 bridgehead atoms. The van der Waals surface area contributed by atoms with Crippen molar-refractivity contribution in [1.82, 2.24) is 14.7 Å². The highest BCUT2D eigenvalue weighted by atomic mass is 79.9. The van der Waals surface area contributed by atoms with Gasteiger partial charge in [-0.05, 0) is 36.6 Å². The molecular formula is C25H28BrN3O3. The zero-order valence-electron chi connectivity index (χ0n) is 18.1. The molecule has 2 aliphatic heterocycles. The molecule has 2 aliphatic rings. The summed E-state index contributed by atoms with van der Waals surface area (Å²) < 4.78 is 1.12. The predicted molar refractivity (Wildman–Crippen MR) is 126 cm³/mol. The van der Waals surface area contributed by atoms with Gasteiger partial charge >= 0.3 is 0 Å². The number of imide groups is 1. The van der Waals surface area contributed by atoms with E-state index in [1.165, 1.54) is 10.5 Å². The monoisotopic (exact) mass is 497 g/mol. The Morgan fingerprint density at radius 1 is 0.812 bits per heavy atom. The minimum Gasteiger partial charge on any atom is -0.340 e. The topological polar surface area (TPSA) is 60.9 Å². The first-order valence-corrected chi connectivity index (χ1v) is 12.0. The van der Waals surface area contributed by atoms with Gasteiger partial charge in [-0.2, -0.15) is 0 Å². The van der Waals surface area contributed by atoms with Gasteiger partial charge in [0.15, 0.2) is 0 Å². The molecule has 0 radical (unpaired) electrons. The Morgan fingerprint density at radius 2 is 1.44 bits per heavy atom. The molecule has 2 heterocycles. The third-order valence-corrected chi connectivity index (χ3v) is 7.00. The number of benzene rings is 2. The molecule has 0 spiro atoms. The Labute approximate surface area is 197 Å². The predicted octanol–water partition coefficient (Wildman–Crippen LogP) is 3.95. The second-order valence-corrected chi connectivity index (χ2v) is 9.22. The molecule has 3 amide bonds. The Balaban J connectivity index is 1.13. The van der Waals surface area contributed by atoms with Gasteiger partial charge in [0, 0.05) is 50.2 Å². The molecule has 7 heteroatoms. The molecule has 2 aromatic carbocycles. The maximum Gasteiger partial charge on any atom is 0.261 e. The lowest BCUT2D eigenvalue weighted by molar-refractivity contribution is -0.133. The zero-order chi connectivity index (χ0) is 22.5. The highest BCUT2D eigenvalue weighted by Crippen LogP contribution is 2.23. The summed E-state index contributed by atoms with van der Waals surface area (Å²) in [6.07, 6.45) is 2.84. The summed E-state index contributed by atoms with van der Waals surface area (Å²) in [5.74, 6) is -0.213. The number of hydrogen-bond donors (Lipinski definition) is 0. The van der Waals surface area contributed by atoms with E-state index in [0.29, 0.717) is 24.1 Å². The largest absolute Gasteiger partial charge is 0.340 e. The summed E-state index contributed by atoms with van der Waals surface area (Å²) in [5.41, 5.74) is 2.25. The molecule has 1 fully saturated rings. The first-order valence-electron chi connectivity index (χ1n) is 11.2. The van der Waals surface area contributed by atoms with E-state index in [4.69, 9.17) is 0 Å². The number of unbranched alkanes of at least 4 members (excludes halogenated alkanes) is 2. The summed E-state index contributed by atoms with van der Waals surface area (Å²) in [6.45, 7) is 4.59. The average molecular weight is 498 g/mol. The first-order chi connectivity index (χ1) is 15.5. The summed E-state index contributed by atoms with van der Waals surface area (Å²) in [4.78, 5) is 43.0. The highest BCUT2D eigenvalue weighted by molar-refractivity contribution is 9.10. The fourth-order valence-electron chi connectivity index (χ4n) is 4.35. The fraction of sp³-hybridized carbons (Fsp3) is 0.400. The molecule has 0 saturated carbocycles. The van der Waals surface area contributed by atoms with Crippen LogP contribution in [0.15, 0.2) is 53.0 Å². The van der Waals surface area contributed by atoms with Crippen molar-refractivity contribution < 1.29 is 14.4 Å². The minimum atomic E-state index is -0.206. The number of rotatable bonds is 8. The van der Waals surface area contributed by atoms with Crippen molar-refractivity contribution in [3.05, 3.63) is 69.7 Å². The standard InChI is InChI=1S/C25H28BrN3O3/c26-22-11-6-3-8-19(22)18-27-14-16-28(17-15-27)23(30)12-2-1-7-13-29-24(31)20-9-4-5-10-21(20)25(29)32/h3-6,8-11H,1-2,7,12-18H2. The van der Waals surface area contributed by atoms with E-state index < -0.39 is 0 Å². The van der Waals surface area contributed by atoms with Crippen LogP contribution in [-0.4, -0.2) is 65.1 Å². The molecule has 4 rings (SSSR count). The maximum atomic E-state index is 12.6. The number of halogens is 1. The van der Waals surface area contributed by atoms with Crippen LogP contribution in [0.5, 0.6) is 0 Å². The van der Waals surface area contributed by atoms with Crippen LogP contribution in [-0.2, 0) is 11.3 Å². The van der Waals surface area contributed by atoms with Crippen molar-refractivity contribution in [3.63, 3.8) is 0 Å². The quantitative estimate of drug-likeness (QED) is 0.409. The van der Waals surface area contributed by atoms with Gasteiger partial charge in [-0.15, -0.1) is 0 Å². The molecular weight excluding hydrogens is 470 g/mol. The number of piperazine rings is 1. The third-order valence-electron chi connectivity index (χ3n) is 6.23. The third kappa shape index (κ3) is 5.10. The van der Waals surface area contributed by atoms with E-state index in [2.05, 4.69) is 33.0 Å². The van der Waals surface area contributed by atoms with Gasteiger partial charge in [-0.1, -0.05) is 52.7 Å². The number of carbonyl (C=O) groups is 3. The number of amides is 3. The molecule has 168 valence electrons. The van der Waals surface area contributed by atoms with Crippen molar-refractivity contribution in [1.29, 1.82) is 0 Å². The Bertz CT molecular complexity index is 966. The number of fused-ring (bicyclic) bond motifs is 1. The van der Waals surface area contributed by atoms with Crippen LogP contribution >= 0.6 is 15.9 Å². The molecule has 6 nitrogen and oxygen atoms in total. The summed E-state index contributed by atoms with van der Waals surface area (Å²) in [5, 5.41) is 0. The number of carbonyl (C=O) groups excluding carboxylic acids is 3. The van der Waals surface area contributed by atoms with Gasteiger partial charge in [0.05, 0.1) is 11.1 Å². The van der Waals surface area contributed by atoms with E-state index in [0.717, 1.165) is 56.5 Å². The lowest BCUT2D eigenvalue weighted by Crippen LogP contribution is -2.48. The van der Waals surface area contributed by atoms with Crippen molar-refractivity contribution >= 4 is 33.7 Å². The first kappa shape index (κ1) is 22.7. The smallest absolute Gasteiger partial charge is 0.261 e. The Hall–Kier alpha value is -2.51. The van der Waals surface area contributed by atoms with Crippen LogP contribution in [0.4, 0.5) is 0 Å². The van der Waals surface area contributed by atoms with E-state index in [1.54, 1.807) is 24.3 Å². The van der Waals surface area contributed by atoms with E-state index >= 15 is 0 Å². The van der Waals surface area contributed by atoms with Crippen LogP contribution in [0.25, 0.3) is 0 Å². The average Bonchev–Trinajstić information content (AvgIpc) is 3.05. The van der Waals surface area contributed by atoms with Crippen LogP contribution in [0.3, 0.4) is 0 Å². The minimum absolute atomic E-state index is 0.200. The number of nitrogens with zero attached hydrogens (tertiary/aromatic N) is 3. The van der Waals surface area contributed by atoms with Gasteiger partial charge in [-0.25, -0.2) is 0 Å². The van der Waals surface area contributed by atoms with Gasteiger partial charge in [-0.3, -0.25) is 24.2 Å². The second kappa shape index (κ2) is 10.4. The van der Waals surface area contributed by atoms with E-state index in [1.807, 2.05) is 17.0 Å². The van der Waals surface area contributed by atoms with Gasteiger partial charge in [0.2, 0.25) is 5.91 Å². The van der Waals surface area contributed by atoms with Crippen LogP contribution in [0.1, 0.15) is 52.0 Å². The van der Waals surface area contributed by atoms with Crippen LogP contribution < -0.4 is 0 Å². The highest BCUT2D eigenvalue weighted by Gasteiger charge is 2.34. The molecule has 2 aromatic rings. The lowest BCUT2D eigenvalue weighted by atomic mass is 10.1. The molecule has 0 unspecified atom stereocenters. The normalized spacial score (nSPS) is 16.5. The number of hydrogen-bond acceptors (Lipinski definition) is 4. The molecule has 32 heavy (non-hydrogen) atoms. The van der Waals surface area contributed by atoms with Gasteiger partial charge in [0.25, 0.3) is 11.8 Å². The van der Waals surface area contributed by atoms with Gasteiger partial charge in [0.1, 0.15) is 0 Å². The Morgan fingerprint density at radius 3 is 2.09 bits per heavy atom. The molecule has 0 aromatic heterocycles. The van der Waals surface area contributed by atoms with Crippen LogP contribution in [0.2, 0.25) is 0 Å². The fourth-order valence-corrected chi connectivity index (χ4v) is 4.76. The van der Waals surface area contributed by atoms with Crippen molar-refractivity contribution in [2.45, 2.75) is 32.2 Å². The van der Waals surface area contributed by atoms with Crippen molar-refractivity contribution in [3.8, 4) is 0 Å². The van der Waals surface area contributed by atoms with Crippen molar-refractivity contribution in [2.24, 2.45) is 0 Å². The summed E-state index contributed by atoms with van der Waals surface area (Å²) in [7, 11) is 0. The van der Waals surface area contributed by atoms with E-state index in [-0.39, 0.29) is 17.7 Å². The second-order valence-electron chi connectivity index (χ2n) is 8.37.